The Hall–Kier alpha value is -4.06. The predicted molar refractivity (Wildman–Crippen MR) is 113 cm³/mol. The summed E-state index contributed by atoms with van der Waals surface area (Å²) in [6, 6.07) is 16.8. The maximum atomic E-state index is 11.6. The number of nitrogens with one attached hydrogen (secondary N) is 1. The zero-order valence-electron chi connectivity index (χ0n) is 15.0. The van der Waals surface area contributed by atoms with Crippen LogP contribution in [0, 0.1) is 30.3 Å². The number of halogens is 1. The lowest BCUT2D eigenvalue weighted by molar-refractivity contribution is -0.401. The fourth-order valence-electron chi connectivity index (χ4n) is 2.66. The quantitative estimate of drug-likeness (QED) is 0.357. The molecule has 0 atom stereocenters. The SMILES string of the molecule is O=[N+]([O-])c1cc([N+](=O)[O-])c(NN(c2ccccc2)c2ccc(Br)cc2)c([N+](=O)[O-])c1. The second kappa shape index (κ2) is 8.53. The van der Waals surface area contributed by atoms with Gasteiger partial charge in [-0.2, -0.15) is 0 Å². The van der Waals surface area contributed by atoms with Gasteiger partial charge in [0.05, 0.1) is 38.3 Å². The Balaban J connectivity index is 2.21. The van der Waals surface area contributed by atoms with Gasteiger partial charge in [-0.25, -0.2) is 0 Å². The van der Waals surface area contributed by atoms with Crippen molar-refractivity contribution in [2.75, 3.05) is 10.4 Å². The molecule has 11 nitrogen and oxygen atoms in total. The van der Waals surface area contributed by atoms with Crippen LogP contribution in [0.5, 0.6) is 0 Å². The number of nitrogens with zero attached hydrogens (tertiary/aromatic N) is 4. The molecular weight excluding hydrogens is 462 g/mol. The number of non-ortho nitro benzene ring substituents is 1. The fraction of sp³-hybridized carbons (Fsp3) is 0. The van der Waals surface area contributed by atoms with Crippen molar-refractivity contribution in [3.63, 3.8) is 0 Å². The van der Waals surface area contributed by atoms with Gasteiger partial charge >= 0.3 is 11.4 Å². The number of nitro benzene ring substituents is 3. The van der Waals surface area contributed by atoms with Gasteiger partial charge in [0.1, 0.15) is 0 Å². The Morgan fingerprint density at radius 3 is 1.70 bits per heavy atom. The topological polar surface area (TPSA) is 145 Å². The molecule has 1 N–H and O–H groups in total. The van der Waals surface area contributed by atoms with Crippen LogP contribution in [-0.2, 0) is 0 Å². The molecule has 0 unspecified atom stereocenters. The van der Waals surface area contributed by atoms with Crippen molar-refractivity contribution in [2.24, 2.45) is 0 Å². The minimum atomic E-state index is -0.923. The molecule has 3 rings (SSSR count). The van der Waals surface area contributed by atoms with Crippen molar-refractivity contribution in [1.82, 2.24) is 0 Å². The van der Waals surface area contributed by atoms with Crippen molar-refractivity contribution < 1.29 is 14.8 Å². The van der Waals surface area contributed by atoms with Crippen molar-refractivity contribution >= 4 is 50.1 Å². The lowest BCUT2D eigenvalue weighted by Crippen LogP contribution is -2.25. The third-order valence-electron chi connectivity index (χ3n) is 4.01. The summed E-state index contributed by atoms with van der Waals surface area (Å²) >= 11 is 3.32. The molecule has 0 aliphatic rings. The van der Waals surface area contributed by atoms with E-state index in [-0.39, 0.29) is 0 Å². The predicted octanol–water partition coefficient (Wildman–Crippen LogP) is 5.34. The highest BCUT2D eigenvalue weighted by Crippen LogP contribution is 2.40. The van der Waals surface area contributed by atoms with Gasteiger partial charge in [-0.3, -0.25) is 40.8 Å². The molecule has 0 heterocycles. The minimum Gasteiger partial charge on any atom is -0.282 e. The van der Waals surface area contributed by atoms with E-state index in [1.807, 2.05) is 0 Å². The van der Waals surface area contributed by atoms with Crippen LogP contribution < -0.4 is 10.4 Å². The Morgan fingerprint density at radius 1 is 0.733 bits per heavy atom. The van der Waals surface area contributed by atoms with Crippen molar-refractivity contribution in [2.45, 2.75) is 0 Å². The summed E-state index contributed by atoms with van der Waals surface area (Å²) in [6.07, 6.45) is 0. The van der Waals surface area contributed by atoms with E-state index in [0.717, 1.165) is 4.47 Å². The molecule has 3 aromatic rings. The summed E-state index contributed by atoms with van der Waals surface area (Å²) in [5, 5.41) is 35.6. The van der Waals surface area contributed by atoms with Crippen LogP contribution in [0.1, 0.15) is 0 Å². The van der Waals surface area contributed by atoms with Crippen LogP contribution >= 0.6 is 15.9 Å². The molecule has 0 aromatic heterocycles. The number of anilines is 3. The second-order valence-corrected chi connectivity index (χ2v) is 6.81. The number of rotatable bonds is 7. The van der Waals surface area contributed by atoms with E-state index in [1.54, 1.807) is 54.6 Å². The van der Waals surface area contributed by atoms with Crippen LogP contribution in [0.3, 0.4) is 0 Å². The number of hydrogen-bond acceptors (Lipinski definition) is 8. The molecule has 12 heteroatoms. The smallest absolute Gasteiger partial charge is 0.282 e. The van der Waals surface area contributed by atoms with E-state index in [0.29, 0.717) is 23.5 Å². The summed E-state index contributed by atoms with van der Waals surface area (Å²) in [6.45, 7) is 0. The van der Waals surface area contributed by atoms with Crippen LogP contribution in [0.25, 0.3) is 0 Å². The third kappa shape index (κ3) is 4.33. The standard InChI is InChI=1S/C18H12BrN5O6/c19-12-6-8-14(9-7-12)21(13-4-2-1-3-5-13)20-18-16(23(27)28)10-15(22(25)26)11-17(18)24(29)30/h1-11,20H. The van der Waals surface area contributed by atoms with Crippen LogP contribution in [0.2, 0.25) is 0 Å². The Kier molecular flexibility index (Phi) is 5.88. The lowest BCUT2D eigenvalue weighted by Gasteiger charge is -2.26. The van der Waals surface area contributed by atoms with Gasteiger partial charge in [0.2, 0.25) is 5.69 Å². The Morgan fingerprint density at radius 2 is 1.23 bits per heavy atom. The van der Waals surface area contributed by atoms with Crippen molar-refractivity contribution in [3.05, 3.63) is 102 Å². The van der Waals surface area contributed by atoms with E-state index < -0.39 is 37.5 Å². The summed E-state index contributed by atoms with van der Waals surface area (Å²) in [7, 11) is 0. The number of hydrogen-bond donors (Lipinski definition) is 1. The molecule has 0 saturated heterocycles. The number of nitro groups is 3. The molecule has 3 aromatic carbocycles. The average Bonchev–Trinajstić information content (AvgIpc) is 2.72. The minimum absolute atomic E-state index is 0.484. The summed E-state index contributed by atoms with van der Waals surface area (Å²) < 4.78 is 0.784. The van der Waals surface area contributed by atoms with Crippen molar-refractivity contribution in [3.8, 4) is 0 Å². The maximum absolute atomic E-state index is 11.6. The first-order valence-corrected chi connectivity index (χ1v) is 9.06. The monoisotopic (exact) mass is 473 g/mol. The molecule has 0 bridgehead atoms. The van der Waals surface area contributed by atoms with Gasteiger partial charge in [-0.05, 0) is 36.4 Å². The van der Waals surface area contributed by atoms with Gasteiger partial charge in [0, 0.05) is 4.47 Å². The molecule has 0 amide bonds. The first kappa shape index (κ1) is 20.7. The van der Waals surface area contributed by atoms with Gasteiger partial charge in [-0.15, -0.1) is 0 Å². The van der Waals surface area contributed by atoms with E-state index in [1.165, 1.54) is 5.01 Å². The first-order chi connectivity index (χ1) is 14.3. The van der Waals surface area contributed by atoms with Crippen molar-refractivity contribution in [1.29, 1.82) is 0 Å². The molecule has 30 heavy (non-hydrogen) atoms. The molecule has 152 valence electrons. The van der Waals surface area contributed by atoms with Gasteiger partial charge in [-0.1, -0.05) is 34.1 Å². The summed E-state index contributed by atoms with van der Waals surface area (Å²) in [4.78, 5) is 31.5. The molecule has 0 radical (unpaired) electrons. The zero-order valence-corrected chi connectivity index (χ0v) is 16.6. The Labute approximate surface area is 177 Å². The number of para-hydroxylation sites is 1. The van der Waals surface area contributed by atoms with E-state index >= 15 is 0 Å². The molecule has 0 saturated carbocycles. The van der Waals surface area contributed by atoms with Crippen LogP contribution in [0.4, 0.5) is 34.1 Å². The van der Waals surface area contributed by atoms with Gasteiger partial charge in [0.25, 0.3) is 5.69 Å². The highest BCUT2D eigenvalue weighted by Gasteiger charge is 2.32. The maximum Gasteiger partial charge on any atom is 0.308 e. The average molecular weight is 474 g/mol. The molecule has 0 aliphatic carbocycles. The van der Waals surface area contributed by atoms with Crippen LogP contribution in [0.15, 0.2) is 71.2 Å². The molecule has 0 aliphatic heterocycles. The van der Waals surface area contributed by atoms with Crippen LogP contribution in [-0.4, -0.2) is 14.8 Å². The van der Waals surface area contributed by atoms with E-state index in [4.69, 9.17) is 0 Å². The highest BCUT2D eigenvalue weighted by molar-refractivity contribution is 9.10. The lowest BCUT2D eigenvalue weighted by atomic mass is 10.2. The molecule has 0 fully saturated rings. The van der Waals surface area contributed by atoms with Gasteiger partial charge in [0.15, 0.2) is 0 Å². The first-order valence-electron chi connectivity index (χ1n) is 8.26. The zero-order chi connectivity index (χ0) is 21.8. The summed E-state index contributed by atoms with van der Waals surface area (Å²) in [5.74, 6) is 0. The van der Waals surface area contributed by atoms with E-state index in [2.05, 4.69) is 21.4 Å². The second-order valence-electron chi connectivity index (χ2n) is 5.89. The molecule has 0 spiro atoms. The number of benzene rings is 3. The normalized spacial score (nSPS) is 10.3. The Bertz CT molecular complexity index is 1090. The third-order valence-corrected chi connectivity index (χ3v) is 4.54. The molecular formula is C18H12BrN5O6. The summed E-state index contributed by atoms with van der Waals surface area (Å²) in [5.41, 5.74) is 0.924. The largest absolute Gasteiger partial charge is 0.308 e. The van der Waals surface area contributed by atoms with Gasteiger partial charge < -0.3 is 0 Å². The number of hydrazine groups is 1. The van der Waals surface area contributed by atoms with E-state index in [9.17, 15) is 30.3 Å². The fourth-order valence-corrected chi connectivity index (χ4v) is 2.93. The highest BCUT2D eigenvalue weighted by atomic mass is 79.9.